The number of hydrogen-bond acceptors (Lipinski definition) is 2. The second-order valence-electron chi connectivity index (χ2n) is 6.17. The zero-order chi connectivity index (χ0) is 16.1. The van der Waals surface area contributed by atoms with E-state index in [2.05, 4.69) is 5.32 Å². The zero-order valence-corrected chi connectivity index (χ0v) is 12.8. The predicted molar refractivity (Wildman–Crippen MR) is 80.4 cm³/mol. The average molecular weight is 311 g/mol. The van der Waals surface area contributed by atoms with Gasteiger partial charge >= 0.3 is 0 Å². The lowest BCUT2D eigenvalue weighted by Gasteiger charge is -2.31. The highest BCUT2D eigenvalue weighted by molar-refractivity contribution is 5.77. The molecule has 0 aromatic heterocycles. The molecule has 2 N–H and O–H groups in total. The third-order valence-corrected chi connectivity index (χ3v) is 4.47. The van der Waals surface area contributed by atoms with Crippen LogP contribution in [-0.4, -0.2) is 23.7 Å². The van der Waals surface area contributed by atoms with E-state index in [0.29, 0.717) is 5.56 Å². The van der Waals surface area contributed by atoms with Gasteiger partial charge in [-0.15, -0.1) is 0 Å². The Morgan fingerprint density at radius 2 is 2.09 bits per heavy atom. The molecule has 0 spiro atoms. The molecule has 0 radical (unpaired) electrons. The monoisotopic (exact) mass is 311 g/mol. The van der Waals surface area contributed by atoms with Crippen LogP contribution in [0.4, 0.5) is 8.78 Å². The fourth-order valence-corrected chi connectivity index (χ4v) is 3.17. The molecule has 1 amide bonds. The highest BCUT2D eigenvalue weighted by Gasteiger charge is 2.26. The summed E-state index contributed by atoms with van der Waals surface area (Å²) in [4.78, 5) is 12.1. The fraction of sp³-hybridized carbons (Fsp3) is 0.588. The summed E-state index contributed by atoms with van der Waals surface area (Å²) < 4.78 is 26.6. The molecule has 0 aliphatic heterocycles. The van der Waals surface area contributed by atoms with E-state index in [1.807, 2.05) is 0 Å². The van der Waals surface area contributed by atoms with Gasteiger partial charge in [-0.25, -0.2) is 8.78 Å². The predicted octanol–water partition coefficient (Wildman–Crippen LogP) is 3.13. The maximum absolute atomic E-state index is 13.7. The van der Waals surface area contributed by atoms with E-state index in [4.69, 9.17) is 0 Å². The van der Waals surface area contributed by atoms with Crippen LogP contribution in [0.3, 0.4) is 0 Å². The molecule has 0 bridgehead atoms. The van der Waals surface area contributed by atoms with Gasteiger partial charge in [0.1, 0.15) is 11.6 Å². The minimum Gasteiger partial charge on any atom is -0.396 e. The number of benzene rings is 1. The molecule has 1 aliphatic rings. The summed E-state index contributed by atoms with van der Waals surface area (Å²) in [5.41, 5.74) is 0.346. The van der Waals surface area contributed by atoms with E-state index in [1.165, 1.54) is 12.1 Å². The summed E-state index contributed by atoms with van der Waals surface area (Å²) in [5, 5.41) is 12.3. The quantitative estimate of drug-likeness (QED) is 0.878. The van der Waals surface area contributed by atoms with Crippen LogP contribution in [0, 0.1) is 17.6 Å². The SMILES string of the molecule is CC(CC(=O)NC1CCCCC1CO)c1ccc(F)cc1F. The van der Waals surface area contributed by atoms with Crippen molar-refractivity contribution in [3.8, 4) is 0 Å². The van der Waals surface area contributed by atoms with Crippen molar-refractivity contribution in [3.63, 3.8) is 0 Å². The van der Waals surface area contributed by atoms with Crippen LogP contribution in [0.25, 0.3) is 0 Å². The summed E-state index contributed by atoms with van der Waals surface area (Å²) >= 11 is 0. The van der Waals surface area contributed by atoms with Crippen molar-refractivity contribution < 1.29 is 18.7 Å². The third kappa shape index (κ3) is 4.26. The Morgan fingerprint density at radius 1 is 1.36 bits per heavy atom. The number of carbonyl (C=O) groups is 1. The van der Waals surface area contributed by atoms with Gasteiger partial charge in [-0.05, 0) is 30.4 Å². The Kier molecular flexibility index (Phi) is 5.89. The Balaban J connectivity index is 1.93. The molecule has 1 aliphatic carbocycles. The molecule has 122 valence electrons. The van der Waals surface area contributed by atoms with E-state index in [0.717, 1.165) is 31.7 Å². The number of hydrogen-bond donors (Lipinski definition) is 2. The molecular weight excluding hydrogens is 288 g/mol. The molecular formula is C17H23F2NO2. The summed E-state index contributed by atoms with van der Waals surface area (Å²) in [6, 6.07) is 3.43. The van der Waals surface area contributed by atoms with Crippen LogP contribution in [0.1, 0.15) is 50.5 Å². The lowest BCUT2D eigenvalue weighted by atomic mass is 9.85. The van der Waals surface area contributed by atoms with Gasteiger partial charge < -0.3 is 10.4 Å². The molecule has 3 unspecified atom stereocenters. The minimum absolute atomic E-state index is 0.00323. The molecule has 1 saturated carbocycles. The van der Waals surface area contributed by atoms with Crippen molar-refractivity contribution in [2.45, 2.75) is 51.0 Å². The lowest BCUT2D eigenvalue weighted by Crippen LogP contribution is -2.43. The molecule has 3 nitrogen and oxygen atoms in total. The topological polar surface area (TPSA) is 49.3 Å². The van der Waals surface area contributed by atoms with Gasteiger partial charge in [0.25, 0.3) is 0 Å². The van der Waals surface area contributed by atoms with Gasteiger partial charge in [0.05, 0.1) is 0 Å². The maximum Gasteiger partial charge on any atom is 0.220 e. The normalized spacial score (nSPS) is 23.1. The van der Waals surface area contributed by atoms with Crippen LogP contribution in [0.2, 0.25) is 0 Å². The van der Waals surface area contributed by atoms with Crippen molar-refractivity contribution in [2.75, 3.05) is 6.61 Å². The van der Waals surface area contributed by atoms with Crippen molar-refractivity contribution in [1.82, 2.24) is 5.32 Å². The lowest BCUT2D eigenvalue weighted by molar-refractivity contribution is -0.122. The van der Waals surface area contributed by atoms with Gasteiger partial charge in [-0.1, -0.05) is 25.8 Å². The number of nitrogens with one attached hydrogen (secondary N) is 1. The van der Waals surface area contributed by atoms with Crippen molar-refractivity contribution in [2.24, 2.45) is 5.92 Å². The van der Waals surface area contributed by atoms with Gasteiger partial charge in [0, 0.05) is 31.1 Å². The molecule has 0 heterocycles. The minimum atomic E-state index is -0.620. The Hall–Kier alpha value is -1.49. The molecule has 5 heteroatoms. The molecule has 1 aromatic rings. The van der Waals surface area contributed by atoms with E-state index >= 15 is 0 Å². The molecule has 1 aromatic carbocycles. The second-order valence-corrected chi connectivity index (χ2v) is 6.17. The number of rotatable bonds is 5. The van der Waals surface area contributed by atoms with Crippen molar-refractivity contribution >= 4 is 5.91 Å². The molecule has 22 heavy (non-hydrogen) atoms. The van der Waals surface area contributed by atoms with Gasteiger partial charge in [-0.3, -0.25) is 4.79 Å². The average Bonchev–Trinajstić information content (AvgIpc) is 2.47. The standard InChI is InChI=1S/C17H23F2NO2/c1-11(14-7-6-13(18)9-15(14)19)8-17(22)20-16-5-3-2-4-12(16)10-21/h6-7,9,11-12,16,21H,2-5,8,10H2,1H3,(H,20,22). The Bertz CT molecular complexity index is 521. The molecule has 1 fully saturated rings. The van der Waals surface area contributed by atoms with Crippen LogP contribution < -0.4 is 5.32 Å². The number of aliphatic hydroxyl groups excluding tert-OH is 1. The molecule has 2 rings (SSSR count). The molecule has 0 saturated heterocycles. The highest BCUT2D eigenvalue weighted by atomic mass is 19.1. The van der Waals surface area contributed by atoms with Crippen molar-refractivity contribution in [3.05, 3.63) is 35.4 Å². The first kappa shape index (κ1) is 16.9. The molecule has 3 atom stereocenters. The maximum atomic E-state index is 13.7. The summed E-state index contributed by atoms with van der Waals surface area (Å²) in [5.74, 6) is -1.61. The largest absolute Gasteiger partial charge is 0.396 e. The fourth-order valence-electron chi connectivity index (χ4n) is 3.17. The van der Waals surface area contributed by atoms with E-state index < -0.39 is 11.6 Å². The van der Waals surface area contributed by atoms with E-state index in [1.54, 1.807) is 6.92 Å². The van der Waals surface area contributed by atoms with Gasteiger partial charge in [-0.2, -0.15) is 0 Å². The summed E-state index contributed by atoms with van der Waals surface area (Å²) in [7, 11) is 0. The number of carbonyl (C=O) groups excluding carboxylic acids is 1. The van der Waals surface area contributed by atoms with E-state index in [9.17, 15) is 18.7 Å². The zero-order valence-electron chi connectivity index (χ0n) is 12.8. The van der Waals surface area contributed by atoms with Crippen LogP contribution in [0.5, 0.6) is 0 Å². The first-order chi connectivity index (χ1) is 10.5. The van der Waals surface area contributed by atoms with Crippen LogP contribution in [0.15, 0.2) is 18.2 Å². The van der Waals surface area contributed by atoms with Crippen molar-refractivity contribution in [1.29, 1.82) is 0 Å². The first-order valence-corrected chi connectivity index (χ1v) is 7.86. The Morgan fingerprint density at radius 3 is 2.77 bits per heavy atom. The number of halogens is 2. The number of amides is 1. The highest BCUT2D eigenvalue weighted by Crippen LogP contribution is 2.26. The Labute approximate surface area is 129 Å². The number of aliphatic hydroxyl groups is 1. The smallest absolute Gasteiger partial charge is 0.220 e. The summed E-state index contributed by atoms with van der Waals surface area (Å²) in [6.45, 7) is 1.83. The first-order valence-electron chi connectivity index (χ1n) is 7.86. The van der Waals surface area contributed by atoms with E-state index in [-0.39, 0.29) is 36.8 Å². The second kappa shape index (κ2) is 7.68. The van der Waals surface area contributed by atoms with Gasteiger partial charge in [0.2, 0.25) is 5.91 Å². The van der Waals surface area contributed by atoms with Gasteiger partial charge in [0.15, 0.2) is 0 Å². The third-order valence-electron chi connectivity index (χ3n) is 4.47. The van der Waals surface area contributed by atoms with Crippen LogP contribution >= 0.6 is 0 Å². The summed E-state index contributed by atoms with van der Waals surface area (Å²) in [6.07, 6.45) is 4.06. The van der Waals surface area contributed by atoms with Crippen LogP contribution in [-0.2, 0) is 4.79 Å².